The van der Waals surface area contributed by atoms with Crippen LogP contribution in [0.4, 0.5) is 24.8 Å². The Labute approximate surface area is 302 Å². The van der Waals surface area contributed by atoms with Crippen LogP contribution in [0.25, 0.3) is 44.1 Å². The van der Waals surface area contributed by atoms with Crippen LogP contribution in [0.3, 0.4) is 0 Å². The second-order valence-corrected chi connectivity index (χ2v) is 12.3. The molecule has 6 N–H and O–H groups in total. The van der Waals surface area contributed by atoms with Crippen LogP contribution in [-0.2, 0) is 6.54 Å². The summed E-state index contributed by atoms with van der Waals surface area (Å²) in [5.41, 5.74) is 6.69. The summed E-state index contributed by atoms with van der Waals surface area (Å²) in [6, 6.07) is 35.4. The fourth-order valence-corrected chi connectivity index (χ4v) is 5.99. The van der Waals surface area contributed by atoms with Gasteiger partial charge in [0.1, 0.15) is 5.75 Å². The first-order valence-corrected chi connectivity index (χ1v) is 16.6. The van der Waals surface area contributed by atoms with Crippen molar-refractivity contribution in [2.24, 2.45) is 0 Å². The smallest absolute Gasteiger partial charge is 0.389 e. The Balaban J connectivity index is 0.000000195. The molecule has 0 aliphatic heterocycles. The van der Waals surface area contributed by atoms with Crippen LogP contribution >= 0.6 is 23.2 Å². The van der Waals surface area contributed by atoms with E-state index in [9.17, 15) is 13.2 Å². The van der Waals surface area contributed by atoms with E-state index in [4.69, 9.17) is 27.9 Å². The van der Waals surface area contributed by atoms with Crippen LogP contribution in [0.5, 0.6) is 5.75 Å². The van der Waals surface area contributed by atoms with Crippen molar-refractivity contribution in [3.05, 3.63) is 125 Å². The van der Waals surface area contributed by atoms with Crippen LogP contribution in [0, 0.1) is 0 Å². The number of anilines is 2. The third-order valence-corrected chi connectivity index (χ3v) is 8.64. The minimum atomic E-state index is -4.14. The van der Waals surface area contributed by atoms with Gasteiger partial charge in [-0.05, 0) is 59.5 Å². The fraction of sp³-hybridized carbons (Fsp3) is 0.158. The summed E-state index contributed by atoms with van der Waals surface area (Å²) >= 11 is 12.8. The number of hydrogen-bond acceptors (Lipinski definition) is 5. The van der Waals surface area contributed by atoms with E-state index in [1.807, 2.05) is 84.9 Å². The maximum atomic E-state index is 12.2. The average Bonchev–Trinajstić information content (AvgIpc) is 3.71. The molecule has 0 atom stereocenters. The molecule has 0 amide bonds. The molecule has 0 unspecified atom stereocenters. The first-order chi connectivity index (χ1) is 24.2. The summed E-state index contributed by atoms with van der Waals surface area (Å²) < 4.78 is 41.8. The quantitative estimate of drug-likeness (QED) is 0.104. The van der Waals surface area contributed by atoms with Gasteiger partial charge in [-0.15, -0.1) is 0 Å². The van der Waals surface area contributed by atoms with E-state index in [2.05, 4.69) is 49.2 Å². The Bertz CT molecular complexity index is 2170. The summed E-state index contributed by atoms with van der Waals surface area (Å²) in [7, 11) is 1.67. The fourth-order valence-electron chi connectivity index (χ4n) is 5.45. The number of rotatable bonds is 10. The average molecular weight is 736 g/mol. The summed E-state index contributed by atoms with van der Waals surface area (Å²) in [5.74, 6) is 2.19. The predicted molar refractivity (Wildman–Crippen MR) is 201 cm³/mol. The number of hydrogen-bond donors (Lipinski definition) is 4. The van der Waals surface area contributed by atoms with Gasteiger partial charge in [-0.3, -0.25) is 10.2 Å². The van der Waals surface area contributed by atoms with Gasteiger partial charge < -0.3 is 20.8 Å². The number of nitrogens with zero attached hydrogens (tertiary/aromatic N) is 2. The zero-order chi connectivity index (χ0) is 35.1. The van der Waals surface area contributed by atoms with E-state index in [1.165, 1.54) is 0 Å². The molecule has 0 spiro atoms. The Morgan fingerprint density at radius 3 is 1.65 bits per heavy atom. The number of ether oxygens (including phenoxy) is 1. The van der Waals surface area contributed by atoms with Crippen LogP contribution in [0.2, 0.25) is 10.0 Å². The van der Waals surface area contributed by atoms with Gasteiger partial charge in [0.05, 0.1) is 28.2 Å². The normalized spacial score (nSPS) is 11.1. The molecule has 8 nitrogen and oxygen atoms in total. The second kappa shape index (κ2) is 16.7. The highest BCUT2D eigenvalue weighted by Crippen LogP contribution is 2.35. The van der Waals surface area contributed by atoms with E-state index < -0.39 is 12.6 Å². The topological polar surface area (TPSA) is 122 Å². The summed E-state index contributed by atoms with van der Waals surface area (Å²) in [5, 5.41) is 23.9. The van der Waals surface area contributed by atoms with Crippen LogP contribution in [0.15, 0.2) is 109 Å². The lowest BCUT2D eigenvalue weighted by Gasteiger charge is -2.08. The van der Waals surface area contributed by atoms with Crippen LogP contribution in [0.1, 0.15) is 18.4 Å². The van der Waals surface area contributed by atoms with E-state index >= 15 is 0 Å². The molecule has 51 heavy (non-hydrogen) atoms. The molecule has 0 aliphatic rings. The Morgan fingerprint density at radius 1 is 0.686 bits per heavy atom. The van der Waals surface area contributed by atoms with Gasteiger partial charge in [0.15, 0.2) is 11.6 Å². The highest BCUT2D eigenvalue weighted by Gasteiger charge is 2.26. The van der Waals surface area contributed by atoms with Gasteiger partial charge in [0, 0.05) is 41.4 Å². The zero-order valence-corrected chi connectivity index (χ0v) is 28.9. The van der Waals surface area contributed by atoms with Crippen LogP contribution < -0.4 is 15.4 Å². The molecule has 0 aliphatic carbocycles. The van der Waals surface area contributed by atoms with E-state index in [1.54, 1.807) is 13.2 Å². The Kier molecular flexibility index (Phi) is 12.1. The number of H-pyrrole nitrogens is 2. The molecule has 264 valence electrons. The van der Waals surface area contributed by atoms with Gasteiger partial charge in [-0.1, -0.05) is 96.0 Å². The summed E-state index contributed by atoms with van der Waals surface area (Å²) in [6.45, 7) is 0.871. The molecule has 0 bridgehead atoms. The third kappa shape index (κ3) is 9.31. The van der Waals surface area contributed by atoms with Crippen molar-refractivity contribution >= 4 is 56.6 Å². The molecule has 0 radical (unpaired) electrons. The van der Waals surface area contributed by atoms with Gasteiger partial charge in [0.25, 0.3) is 0 Å². The maximum Gasteiger partial charge on any atom is 0.389 e. The molecular weight excluding hydrogens is 700 g/mol. The summed E-state index contributed by atoms with van der Waals surface area (Å²) in [6.07, 6.45) is -4.95. The number of aromatic nitrogens is 4. The van der Waals surface area contributed by atoms with Crippen molar-refractivity contribution in [3.8, 4) is 28.0 Å². The standard InChI is InChI=1S/C21H18ClN3O.C17H15ClF3N3.H2O/c1-26-16-9-7-14(8-10-16)13-23-21-18-11-17(15-5-3-2-4-6-15)19(22)12-20(18)24-25-21;18-14-10-15-13(9-12(14)11-5-2-1-3-6-11)16(24-23-15)22-8-4-7-17(19,20)21;/h2-12H,13H2,1H3,(H2,23,24,25);1-3,5-6,9-10H,4,7-8H2,(H2,22,23,24);1H2. The Hall–Kier alpha value is -5.23. The monoisotopic (exact) mass is 734 g/mol. The lowest BCUT2D eigenvalue weighted by atomic mass is 10.0. The van der Waals surface area contributed by atoms with Crippen molar-refractivity contribution in [2.75, 3.05) is 24.3 Å². The third-order valence-electron chi connectivity index (χ3n) is 8.02. The number of alkyl halides is 3. The molecule has 2 heterocycles. The van der Waals surface area contributed by atoms with E-state index in [0.29, 0.717) is 22.4 Å². The van der Waals surface area contributed by atoms with E-state index in [-0.39, 0.29) is 18.4 Å². The molecule has 0 saturated carbocycles. The minimum absolute atomic E-state index is 0. The first kappa shape index (κ1) is 37.0. The molecule has 7 aromatic rings. The largest absolute Gasteiger partial charge is 0.497 e. The zero-order valence-electron chi connectivity index (χ0n) is 27.4. The maximum absolute atomic E-state index is 12.2. The molecule has 0 saturated heterocycles. The lowest BCUT2D eigenvalue weighted by molar-refractivity contribution is -0.134. The Morgan fingerprint density at radius 2 is 1.18 bits per heavy atom. The molecule has 13 heteroatoms. The van der Waals surface area contributed by atoms with Crippen LogP contribution in [-0.4, -0.2) is 45.7 Å². The summed E-state index contributed by atoms with van der Waals surface area (Å²) in [4.78, 5) is 0. The highest BCUT2D eigenvalue weighted by atomic mass is 35.5. The number of halogens is 5. The molecule has 0 fully saturated rings. The minimum Gasteiger partial charge on any atom is -0.497 e. The predicted octanol–water partition coefficient (Wildman–Crippen LogP) is 10.3. The molecule has 7 rings (SSSR count). The number of nitrogens with one attached hydrogen (secondary N) is 4. The number of benzene rings is 5. The first-order valence-electron chi connectivity index (χ1n) is 15.8. The van der Waals surface area contributed by atoms with E-state index in [0.717, 1.165) is 61.2 Å². The number of fused-ring (bicyclic) bond motifs is 2. The molecule has 2 aromatic heterocycles. The van der Waals surface area contributed by atoms with Gasteiger partial charge in [-0.2, -0.15) is 23.4 Å². The van der Waals surface area contributed by atoms with Gasteiger partial charge in [0.2, 0.25) is 0 Å². The highest BCUT2D eigenvalue weighted by molar-refractivity contribution is 6.34. The molecule has 5 aromatic carbocycles. The van der Waals surface area contributed by atoms with Crippen molar-refractivity contribution in [1.29, 1.82) is 0 Å². The van der Waals surface area contributed by atoms with Crippen molar-refractivity contribution < 1.29 is 23.4 Å². The molecular formula is C38H35Cl2F3N6O2. The number of methoxy groups -OCH3 is 1. The van der Waals surface area contributed by atoms with Gasteiger partial charge >= 0.3 is 6.18 Å². The van der Waals surface area contributed by atoms with Crippen molar-refractivity contribution in [2.45, 2.75) is 25.6 Å². The second-order valence-electron chi connectivity index (χ2n) is 11.5. The van der Waals surface area contributed by atoms with Crippen molar-refractivity contribution in [1.82, 2.24) is 20.4 Å². The van der Waals surface area contributed by atoms with Gasteiger partial charge in [-0.25, -0.2) is 0 Å². The number of aromatic amines is 2. The lowest BCUT2D eigenvalue weighted by Crippen LogP contribution is -2.11. The SMILES string of the molecule is COc1ccc(CNc2n[nH]c3cc(Cl)c(-c4ccccc4)cc23)cc1.FC(F)(F)CCCNc1n[nH]c2cc(Cl)c(-c3ccccc3)cc12.O. The van der Waals surface area contributed by atoms with Crippen molar-refractivity contribution in [3.63, 3.8) is 0 Å².